The van der Waals surface area contributed by atoms with Gasteiger partial charge in [0, 0.05) is 30.9 Å². The van der Waals surface area contributed by atoms with Gasteiger partial charge in [-0.3, -0.25) is 0 Å². The second-order valence-corrected chi connectivity index (χ2v) is 8.43. The molecule has 0 saturated heterocycles. The van der Waals surface area contributed by atoms with Crippen LogP contribution >= 0.6 is 22.7 Å². The van der Waals surface area contributed by atoms with Gasteiger partial charge in [-0.1, -0.05) is 6.07 Å². The van der Waals surface area contributed by atoms with Gasteiger partial charge < -0.3 is 14.8 Å². The largest absolute Gasteiger partial charge is 0.356 e. The number of rotatable bonds is 7. The first kappa shape index (κ1) is 19.5. The van der Waals surface area contributed by atoms with Crippen molar-refractivity contribution in [2.24, 2.45) is 12.0 Å². The van der Waals surface area contributed by atoms with Crippen LogP contribution in [0.4, 0.5) is 0 Å². The van der Waals surface area contributed by atoms with E-state index in [0.717, 1.165) is 41.3 Å². The van der Waals surface area contributed by atoms with E-state index in [1.54, 1.807) is 22.7 Å². The Morgan fingerprint density at radius 2 is 2.15 bits per heavy atom. The maximum Gasteiger partial charge on any atom is 0.194 e. The Labute approximate surface area is 167 Å². The van der Waals surface area contributed by atoms with Crippen molar-refractivity contribution in [2.75, 3.05) is 13.6 Å². The highest BCUT2D eigenvalue weighted by atomic mass is 32.1. The van der Waals surface area contributed by atoms with E-state index in [1.807, 2.05) is 32.5 Å². The summed E-state index contributed by atoms with van der Waals surface area (Å²) >= 11 is 3.45. The summed E-state index contributed by atoms with van der Waals surface area (Å²) < 4.78 is 1.97. The molecule has 3 heterocycles. The topological polar surface area (TPSA) is 71.2 Å². The quantitative estimate of drug-likeness (QED) is 0.485. The van der Waals surface area contributed by atoms with Crippen molar-refractivity contribution >= 4 is 28.6 Å². The van der Waals surface area contributed by atoms with E-state index < -0.39 is 0 Å². The molecular weight excluding hydrogens is 378 g/mol. The van der Waals surface area contributed by atoms with Crippen LogP contribution in [0, 0.1) is 13.8 Å². The fraction of sp³-hybridized carbons (Fsp3) is 0.444. The molecule has 3 rings (SSSR count). The normalized spacial score (nSPS) is 11.8. The first-order valence-electron chi connectivity index (χ1n) is 8.80. The zero-order chi connectivity index (χ0) is 19.2. The van der Waals surface area contributed by atoms with E-state index in [2.05, 4.69) is 48.3 Å². The third kappa shape index (κ3) is 5.36. The first-order chi connectivity index (χ1) is 13.0. The Bertz CT molecular complexity index is 880. The number of aryl methyl sites for hydroxylation is 2. The van der Waals surface area contributed by atoms with Gasteiger partial charge in [0.25, 0.3) is 0 Å². The predicted molar refractivity (Wildman–Crippen MR) is 111 cm³/mol. The molecule has 0 amide bonds. The molecule has 0 saturated carbocycles. The molecule has 144 valence electrons. The Morgan fingerprint density at radius 3 is 2.78 bits per heavy atom. The van der Waals surface area contributed by atoms with Crippen LogP contribution in [0.5, 0.6) is 0 Å². The molecule has 0 spiro atoms. The molecule has 0 unspecified atom stereocenters. The molecule has 0 radical (unpaired) electrons. The lowest BCUT2D eigenvalue weighted by atomic mass is 10.3. The van der Waals surface area contributed by atoms with Crippen LogP contribution in [0.25, 0.3) is 0 Å². The number of nitrogens with one attached hydrogen (secondary N) is 1. The van der Waals surface area contributed by atoms with Crippen LogP contribution in [-0.2, 0) is 26.6 Å². The van der Waals surface area contributed by atoms with Crippen molar-refractivity contribution in [3.05, 3.63) is 50.1 Å². The van der Waals surface area contributed by atoms with E-state index >= 15 is 0 Å². The molecule has 0 bridgehead atoms. The molecule has 0 aliphatic carbocycles. The highest BCUT2D eigenvalue weighted by molar-refractivity contribution is 7.10. The van der Waals surface area contributed by atoms with Crippen molar-refractivity contribution in [2.45, 2.75) is 33.4 Å². The summed E-state index contributed by atoms with van der Waals surface area (Å²) in [6.07, 6.45) is 0.976. The van der Waals surface area contributed by atoms with Crippen molar-refractivity contribution in [1.29, 1.82) is 0 Å². The summed E-state index contributed by atoms with van der Waals surface area (Å²) in [4.78, 5) is 12.8. The maximum absolute atomic E-state index is 4.78. The Balaban J connectivity index is 1.68. The van der Waals surface area contributed by atoms with Crippen molar-refractivity contribution < 1.29 is 0 Å². The van der Waals surface area contributed by atoms with Crippen LogP contribution in [0.15, 0.2) is 27.9 Å². The third-order valence-corrected chi connectivity index (χ3v) is 5.97. The van der Waals surface area contributed by atoms with E-state index in [4.69, 9.17) is 4.99 Å². The lowest BCUT2D eigenvalue weighted by Gasteiger charge is -2.21. The zero-order valence-electron chi connectivity index (χ0n) is 16.1. The molecule has 7 nitrogen and oxygen atoms in total. The van der Waals surface area contributed by atoms with Crippen LogP contribution < -0.4 is 5.32 Å². The molecular formula is C18H25N7S2. The minimum atomic E-state index is 0.485. The lowest BCUT2D eigenvalue weighted by Crippen LogP contribution is -2.39. The minimum Gasteiger partial charge on any atom is -0.356 e. The zero-order valence-corrected chi connectivity index (χ0v) is 17.8. The molecule has 27 heavy (non-hydrogen) atoms. The van der Waals surface area contributed by atoms with E-state index in [9.17, 15) is 0 Å². The number of thiazole rings is 1. The van der Waals surface area contributed by atoms with E-state index in [1.165, 1.54) is 4.88 Å². The Kier molecular flexibility index (Phi) is 6.57. The average molecular weight is 404 g/mol. The highest BCUT2D eigenvalue weighted by Gasteiger charge is 2.11. The molecule has 9 heteroatoms. The summed E-state index contributed by atoms with van der Waals surface area (Å²) in [6.45, 7) is 6.00. The summed E-state index contributed by atoms with van der Waals surface area (Å²) in [5.41, 5.74) is 1.06. The molecule has 1 N–H and O–H groups in total. The van der Waals surface area contributed by atoms with E-state index in [0.29, 0.717) is 13.1 Å². The maximum atomic E-state index is 4.78. The lowest BCUT2D eigenvalue weighted by molar-refractivity contribution is 0.468. The van der Waals surface area contributed by atoms with Crippen molar-refractivity contribution in [3.63, 3.8) is 0 Å². The predicted octanol–water partition coefficient (Wildman–Crippen LogP) is 2.77. The summed E-state index contributed by atoms with van der Waals surface area (Å²) in [5, 5.41) is 17.1. The summed E-state index contributed by atoms with van der Waals surface area (Å²) in [6, 6.07) is 4.25. The molecule has 0 aliphatic heterocycles. The number of nitrogens with zero attached hydrogens (tertiary/aromatic N) is 6. The van der Waals surface area contributed by atoms with Crippen LogP contribution in [0.2, 0.25) is 0 Å². The third-order valence-electron chi connectivity index (χ3n) is 4.21. The van der Waals surface area contributed by atoms with Gasteiger partial charge in [0.15, 0.2) is 11.8 Å². The van der Waals surface area contributed by atoms with Gasteiger partial charge in [-0.15, -0.1) is 32.9 Å². The number of guanidine groups is 1. The second kappa shape index (κ2) is 9.09. The standard InChI is InChI=1S/C18H25N7S2/c1-13-22-23-17(25(13)4)10-20-18(19-8-7-16-6-5-9-26-16)24(3)11-15-12-27-14(2)21-15/h5-6,9,12H,7-8,10-11H2,1-4H3,(H,19,20). The molecule has 0 atom stereocenters. The number of aliphatic imine (C=N–C) groups is 1. The van der Waals surface area contributed by atoms with Crippen molar-refractivity contribution in [1.82, 2.24) is 30.0 Å². The minimum absolute atomic E-state index is 0.485. The smallest absolute Gasteiger partial charge is 0.194 e. The first-order valence-corrected chi connectivity index (χ1v) is 10.6. The summed E-state index contributed by atoms with van der Waals surface area (Å²) in [5.74, 6) is 2.58. The van der Waals surface area contributed by atoms with E-state index in [-0.39, 0.29) is 0 Å². The van der Waals surface area contributed by atoms with Crippen molar-refractivity contribution in [3.8, 4) is 0 Å². The number of hydrogen-bond donors (Lipinski definition) is 1. The number of aromatic nitrogens is 4. The van der Waals surface area contributed by atoms with Crippen LogP contribution in [0.3, 0.4) is 0 Å². The Morgan fingerprint density at radius 1 is 1.30 bits per heavy atom. The van der Waals surface area contributed by atoms with Gasteiger partial charge in [0.05, 0.1) is 17.2 Å². The SMILES string of the molecule is Cc1nc(CN(C)C(=NCc2nnc(C)n2C)NCCc2cccs2)cs1. The van der Waals surface area contributed by atoms with Gasteiger partial charge in [-0.2, -0.15) is 0 Å². The second-order valence-electron chi connectivity index (χ2n) is 6.33. The molecule has 3 aromatic rings. The van der Waals surface area contributed by atoms with Crippen LogP contribution in [0.1, 0.15) is 27.2 Å². The number of hydrogen-bond acceptors (Lipinski definition) is 6. The molecule has 0 aliphatic rings. The summed E-state index contributed by atoms with van der Waals surface area (Å²) in [7, 11) is 4.00. The Hall–Kier alpha value is -2.26. The molecule has 0 aromatic carbocycles. The average Bonchev–Trinajstić information content (AvgIpc) is 3.36. The van der Waals surface area contributed by atoms with Gasteiger partial charge in [0.1, 0.15) is 12.4 Å². The number of thiophene rings is 1. The monoisotopic (exact) mass is 403 g/mol. The fourth-order valence-electron chi connectivity index (χ4n) is 2.60. The fourth-order valence-corrected chi connectivity index (χ4v) is 3.91. The molecule has 0 fully saturated rings. The van der Waals surface area contributed by atoms with Gasteiger partial charge in [-0.25, -0.2) is 9.98 Å². The van der Waals surface area contributed by atoms with Gasteiger partial charge >= 0.3 is 0 Å². The highest BCUT2D eigenvalue weighted by Crippen LogP contribution is 2.11. The van der Waals surface area contributed by atoms with Gasteiger partial charge in [-0.05, 0) is 31.7 Å². The van der Waals surface area contributed by atoms with Gasteiger partial charge in [0.2, 0.25) is 0 Å². The molecule has 3 aromatic heterocycles. The van der Waals surface area contributed by atoms with Crippen LogP contribution in [-0.4, -0.2) is 44.2 Å².